The van der Waals surface area contributed by atoms with E-state index in [9.17, 15) is 19.2 Å². The van der Waals surface area contributed by atoms with E-state index in [1.165, 1.54) is 23.6 Å². The Morgan fingerprint density at radius 2 is 2.00 bits per heavy atom. The number of rotatable bonds is 11. The van der Waals surface area contributed by atoms with E-state index in [-0.39, 0.29) is 29.5 Å². The van der Waals surface area contributed by atoms with Gasteiger partial charge < -0.3 is 29.8 Å². The zero-order valence-corrected chi connectivity index (χ0v) is 23.5. The van der Waals surface area contributed by atoms with Gasteiger partial charge in [0.2, 0.25) is 5.95 Å². The summed E-state index contributed by atoms with van der Waals surface area (Å²) in [5.74, 6) is -0.274. The Bertz CT molecular complexity index is 1080. The molecule has 0 aromatic carbocycles. The van der Waals surface area contributed by atoms with Gasteiger partial charge in [0.25, 0.3) is 5.91 Å². The van der Waals surface area contributed by atoms with Gasteiger partial charge in [-0.25, -0.2) is 14.6 Å². The van der Waals surface area contributed by atoms with E-state index in [2.05, 4.69) is 20.6 Å². The number of amides is 2. The van der Waals surface area contributed by atoms with Crippen LogP contribution in [-0.4, -0.2) is 81.3 Å². The maximum absolute atomic E-state index is 13.1. The van der Waals surface area contributed by atoms with Crippen molar-refractivity contribution < 1.29 is 33.4 Å². The van der Waals surface area contributed by atoms with E-state index in [0.29, 0.717) is 43.3 Å². The highest BCUT2D eigenvalue weighted by Crippen LogP contribution is 2.42. The third kappa shape index (κ3) is 7.89. The fourth-order valence-corrected chi connectivity index (χ4v) is 5.09. The van der Waals surface area contributed by atoms with Gasteiger partial charge in [-0.15, -0.1) is 11.8 Å². The Kier molecular flexibility index (Phi) is 9.69. The fraction of sp³-hybridized carbons (Fsp3) is 0.640. The van der Waals surface area contributed by atoms with Crippen LogP contribution in [0.5, 0.6) is 0 Å². The number of esters is 2. The van der Waals surface area contributed by atoms with Crippen molar-refractivity contribution in [3.8, 4) is 0 Å². The molecule has 12 nitrogen and oxygen atoms in total. The average Bonchev–Trinajstić information content (AvgIpc) is 3.28. The van der Waals surface area contributed by atoms with Crippen LogP contribution in [-0.2, 0) is 35.0 Å². The Morgan fingerprint density at radius 1 is 1.26 bits per heavy atom. The number of nitrogens with zero attached hydrogens (tertiary/aromatic N) is 2. The lowest BCUT2D eigenvalue weighted by Gasteiger charge is -2.49. The van der Waals surface area contributed by atoms with Crippen LogP contribution in [0, 0.1) is 5.92 Å². The molecular weight excluding hydrogens is 514 g/mol. The number of β-lactam (4-membered cyclic amide) rings is 1. The number of hydrogen-bond acceptors (Lipinski definition) is 10. The first kappa shape index (κ1) is 29.3. The molecule has 38 heavy (non-hydrogen) atoms. The standard InChI is InChI=1S/C25H37N5O7S/c1-14(2)11-36-24(34)26-9-7-8-17-10-27-23(28-17)29-18-20(32)30-19(22(33)37-25(4,5)6)16(12-35-15(3)31)13-38-21(18)30/h10,14,18,21H,7-9,11-13H2,1-6H3,(H,26,34)(H2,27,28,29)/t18?,21-/m1/s1. The molecule has 0 saturated carbocycles. The maximum Gasteiger partial charge on any atom is 0.407 e. The number of alkyl carbamates (subject to hydrolysis) is 1. The molecule has 1 aromatic rings. The van der Waals surface area contributed by atoms with Crippen LogP contribution in [0.3, 0.4) is 0 Å². The number of carbonyl (C=O) groups is 4. The average molecular weight is 552 g/mol. The van der Waals surface area contributed by atoms with Gasteiger partial charge in [-0.1, -0.05) is 13.8 Å². The SMILES string of the molecule is CC(=O)OCC1=C(C(=O)OC(C)(C)C)N2C(=O)C(Nc3nc(CCCNC(=O)OCC(C)C)c[nH]3)[C@H]2SC1. The highest BCUT2D eigenvalue weighted by Gasteiger charge is 2.54. The number of fused-ring (bicyclic) bond motifs is 1. The van der Waals surface area contributed by atoms with Gasteiger partial charge in [-0.3, -0.25) is 14.5 Å². The number of anilines is 1. The minimum absolute atomic E-state index is 0.0860. The van der Waals surface area contributed by atoms with Crippen molar-refractivity contribution in [2.24, 2.45) is 5.92 Å². The molecule has 0 radical (unpaired) electrons. The van der Waals surface area contributed by atoms with E-state index >= 15 is 0 Å². The summed E-state index contributed by atoms with van der Waals surface area (Å²) in [5, 5.41) is 5.49. The molecule has 2 aliphatic heterocycles. The normalized spacial score (nSPS) is 19.0. The summed E-state index contributed by atoms with van der Waals surface area (Å²) in [6, 6.07) is -0.593. The third-order valence-corrected chi connectivity index (χ3v) is 6.78. The quantitative estimate of drug-likeness (QED) is 0.162. The number of aromatic amines is 1. The Hall–Kier alpha value is -3.22. The molecule has 0 spiro atoms. The minimum Gasteiger partial charge on any atom is -0.461 e. The fourth-order valence-electron chi connectivity index (χ4n) is 3.76. The highest BCUT2D eigenvalue weighted by atomic mass is 32.2. The summed E-state index contributed by atoms with van der Waals surface area (Å²) in [6.45, 7) is 11.2. The first-order valence-corrected chi connectivity index (χ1v) is 13.7. The van der Waals surface area contributed by atoms with E-state index < -0.39 is 29.7 Å². The first-order valence-electron chi connectivity index (χ1n) is 12.6. The molecule has 0 bridgehead atoms. The third-order valence-electron chi connectivity index (χ3n) is 5.44. The number of aryl methyl sites for hydroxylation is 1. The van der Waals surface area contributed by atoms with Crippen molar-refractivity contribution in [2.75, 3.05) is 30.8 Å². The van der Waals surface area contributed by atoms with Crippen LogP contribution < -0.4 is 10.6 Å². The number of hydrogen-bond donors (Lipinski definition) is 3. The minimum atomic E-state index is -0.753. The van der Waals surface area contributed by atoms with Crippen LogP contribution in [0.2, 0.25) is 0 Å². The smallest absolute Gasteiger partial charge is 0.407 e. The van der Waals surface area contributed by atoms with Gasteiger partial charge in [0.1, 0.15) is 29.3 Å². The largest absolute Gasteiger partial charge is 0.461 e. The summed E-state index contributed by atoms with van der Waals surface area (Å²) in [7, 11) is 0. The summed E-state index contributed by atoms with van der Waals surface area (Å²) < 4.78 is 15.7. The lowest BCUT2D eigenvalue weighted by Crippen LogP contribution is -2.68. The lowest BCUT2D eigenvalue weighted by atomic mass is 10.0. The van der Waals surface area contributed by atoms with Gasteiger partial charge in [0.05, 0.1) is 12.3 Å². The number of carbonyl (C=O) groups excluding carboxylic acids is 4. The molecule has 210 valence electrons. The Balaban J connectivity index is 1.58. The molecule has 3 rings (SSSR count). The maximum atomic E-state index is 13.1. The van der Waals surface area contributed by atoms with E-state index in [1.807, 2.05) is 13.8 Å². The number of aromatic nitrogens is 2. The molecular formula is C25H37N5O7S. The van der Waals surface area contributed by atoms with Gasteiger partial charge in [-0.05, 0) is 39.5 Å². The van der Waals surface area contributed by atoms with Crippen molar-refractivity contribution in [2.45, 2.75) is 71.4 Å². The van der Waals surface area contributed by atoms with E-state index in [0.717, 1.165) is 5.69 Å². The zero-order valence-electron chi connectivity index (χ0n) is 22.7. The summed E-state index contributed by atoms with van der Waals surface area (Å²) in [5.41, 5.74) is 0.691. The van der Waals surface area contributed by atoms with Crippen molar-refractivity contribution in [1.29, 1.82) is 0 Å². The second kappa shape index (κ2) is 12.5. The number of H-pyrrole nitrogens is 1. The van der Waals surface area contributed by atoms with E-state index in [1.54, 1.807) is 27.0 Å². The van der Waals surface area contributed by atoms with Crippen LogP contribution in [0.25, 0.3) is 0 Å². The summed E-state index contributed by atoms with van der Waals surface area (Å²) >= 11 is 1.47. The van der Waals surface area contributed by atoms with Gasteiger partial charge in [-0.2, -0.15) is 0 Å². The van der Waals surface area contributed by atoms with Crippen molar-refractivity contribution >= 4 is 41.6 Å². The predicted octanol–water partition coefficient (Wildman–Crippen LogP) is 2.58. The molecule has 1 saturated heterocycles. The topological polar surface area (TPSA) is 152 Å². The van der Waals surface area contributed by atoms with Crippen molar-refractivity contribution in [3.05, 3.63) is 23.2 Å². The number of thioether (sulfide) groups is 1. The first-order chi connectivity index (χ1) is 17.9. The van der Waals surface area contributed by atoms with Crippen LogP contribution in [0.15, 0.2) is 17.5 Å². The summed E-state index contributed by atoms with van der Waals surface area (Å²) in [4.78, 5) is 58.1. The molecule has 3 heterocycles. The predicted molar refractivity (Wildman–Crippen MR) is 141 cm³/mol. The molecule has 13 heteroatoms. The lowest BCUT2D eigenvalue weighted by molar-refractivity contribution is -0.157. The van der Waals surface area contributed by atoms with Crippen LogP contribution in [0.1, 0.15) is 53.7 Å². The molecule has 0 aliphatic carbocycles. The molecule has 2 amide bonds. The number of nitrogens with one attached hydrogen (secondary N) is 3. The van der Waals surface area contributed by atoms with Crippen LogP contribution >= 0.6 is 11.8 Å². The molecule has 1 fully saturated rings. The molecule has 3 N–H and O–H groups in total. The molecule has 2 aliphatic rings. The highest BCUT2D eigenvalue weighted by molar-refractivity contribution is 8.00. The second-order valence-corrected chi connectivity index (χ2v) is 11.6. The zero-order chi connectivity index (χ0) is 28.0. The molecule has 1 unspecified atom stereocenters. The summed E-state index contributed by atoms with van der Waals surface area (Å²) in [6.07, 6.45) is 2.61. The van der Waals surface area contributed by atoms with Gasteiger partial charge in [0.15, 0.2) is 0 Å². The Morgan fingerprint density at radius 3 is 2.66 bits per heavy atom. The number of ether oxygens (including phenoxy) is 3. The van der Waals surface area contributed by atoms with Crippen molar-refractivity contribution in [1.82, 2.24) is 20.2 Å². The van der Waals surface area contributed by atoms with Gasteiger partial charge >= 0.3 is 18.0 Å². The monoisotopic (exact) mass is 551 g/mol. The van der Waals surface area contributed by atoms with Gasteiger partial charge in [0, 0.05) is 31.0 Å². The van der Waals surface area contributed by atoms with Crippen molar-refractivity contribution in [3.63, 3.8) is 0 Å². The second-order valence-electron chi connectivity index (χ2n) is 10.5. The molecule has 1 aromatic heterocycles. The van der Waals surface area contributed by atoms with Crippen LogP contribution in [0.4, 0.5) is 10.7 Å². The number of imidazole rings is 1. The molecule has 2 atom stereocenters. The van der Waals surface area contributed by atoms with E-state index in [4.69, 9.17) is 14.2 Å². The Labute approximate surface area is 226 Å².